The highest BCUT2D eigenvalue weighted by Crippen LogP contribution is 2.23. The third-order valence-corrected chi connectivity index (χ3v) is 3.44. The van der Waals surface area contributed by atoms with Gasteiger partial charge in [0.05, 0.1) is 6.04 Å². The summed E-state index contributed by atoms with van der Waals surface area (Å²) in [6.07, 6.45) is 0.0742. The van der Waals surface area contributed by atoms with Gasteiger partial charge in [-0.05, 0) is 31.7 Å². The van der Waals surface area contributed by atoms with Crippen molar-refractivity contribution >= 4 is 5.91 Å². The van der Waals surface area contributed by atoms with Gasteiger partial charge >= 0.3 is 0 Å². The zero-order valence-electron chi connectivity index (χ0n) is 11.6. The van der Waals surface area contributed by atoms with E-state index in [2.05, 4.69) is 0 Å². The first-order chi connectivity index (χ1) is 9.40. The van der Waals surface area contributed by atoms with Gasteiger partial charge in [-0.1, -0.05) is 0 Å². The SMILES string of the molecule is C[C@H](c1cc(F)ccc1F)N(C)C(=O)C[C@@H](CN)CO. The number of rotatable bonds is 6. The van der Waals surface area contributed by atoms with E-state index in [1.807, 2.05) is 0 Å². The van der Waals surface area contributed by atoms with E-state index in [1.165, 1.54) is 11.9 Å². The molecule has 0 aliphatic heterocycles. The lowest BCUT2D eigenvalue weighted by Crippen LogP contribution is -2.33. The van der Waals surface area contributed by atoms with Gasteiger partial charge in [0.25, 0.3) is 0 Å². The predicted octanol–water partition coefficient (Wildman–Crippen LogP) is 1.44. The van der Waals surface area contributed by atoms with Crippen molar-refractivity contribution in [1.29, 1.82) is 0 Å². The molecule has 0 aromatic heterocycles. The Hall–Kier alpha value is -1.53. The first-order valence-corrected chi connectivity index (χ1v) is 6.42. The smallest absolute Gasteiger partial charge is 0.223 e. The highest BCUT2D eigenvalue weighted by molar-refractivity contribution is 5.76. The summed E-state index contributed by atoms with van der Waals surface area (Å²) in [5.74, 6) is -1.71. The molecule has 4 nitrogen and oxygen atoms in total. The number of halogens is 2. The molecule has 0 aliphatic rings. The van der Waals surface area contributed by atoms with Gasteiger partial charge in [0.2, 0.25) is 5.91 Å². The number of nitrogens with two attached hydrogens (primary N) is 1. The Kier molecular flexibility index (Phi) is 6.04. The first-order valence-electron chi connectivity index (χ1n) is 6.42. The number of hydrogen-bond acceptors (Lipinski definition) is 3. The highest BCUT2D eigenvalue weighted by Gasteiger charge is 2.22. The minimum absolute atomic E-state index is 0.0742. The standard InChI is InChI=1S/C14H20F2N2O2/c1-9(12-6-11(15)3-4-13(12)16)18(2)14(20)5-10(7-17)8-19/h3-4,6,9-10,19H,5,7-8,17H2,1-2H3/t9-,10+/m1/s1. The van der Waals surface area contributed by atoms with Gasteiger partial charge in [0.1, 0.15) is 11.6 Å². The molecule has 2 atom stereocenters. The van der Waals surface area contributed by atoms with E-state index in [-0.39, 0.29) is 37.0 Å². The van der Waals surface area contributed by atoms with Gasteiger partial charge in [-0.25, -0.2) is 8.78 Å². The van der Waals surface area contributed by atoms with E-state index >= 15 is 0 Å². The van der Waals surface area contributed by atoms with Crippen molar-refractivity contribution in [3.8, 4) is 0 Å². The van der Waals surface area contributed by atoms with Gasteiger partial charge in [0, 0.05) is 31.6 Å². The van der Waals surface area contributed by atoms with Crippen LogP contribution in [-0.4, -0.2) is 36.1 Å². The van der Waals surface area contributed by atoms with Crippen molar-refractivity contribution in [3.63, 3.8) is 0 Å². The summed E-state index contributed by atoms with van der Waals surface area (Å²) in [5.41, 5.74) is 5.54. The van der Waals surface area contributed by atoms with Crippen LogP contribution in [0, 0.1) is 17.6 Å². The monoisotopic (exact) mass is 286 g/mol. The zero-order valence-corrected chi connectivity index (χ0v) is 11.6. The molecule has 0 saturated heterocycles. The Labute approximate surface area is 117 Å². The molecule has 0 bridgehead atoms. The molecule has 0 unspecified atom stereocenters. The van der Waals surface area contributed by atoms with Gasteiger partial charge in [0.15, 0.2) is 0 Å². The lowest BCUT2D eigenvalue weighted by atomic mass is 10.0. The summed E-state index contributed by atoms with van der Waals surface area (Å²) in [6.45, 7) is 1.63. The molecule has 6 heteroatoms. The lowest BCUT2D eigenvalue weighted by Gasteiger charge is -2.27. The Morgan fingerprint density at radius 2 is 2.10 bits per heavy atom. The summed E-state index contributed by atoms with van der Waals surface area (Å²) in [5, 5.41) is 9.03. The van der Waals surface area contributed by atoms with Crippen molar-refractivity contribution < 1.29 is 18.7 Å². The van der Waals surface area contributed by atoms with Crippen LogP contribution in [0.2, 0.25) is 0 Å². The number of hydrogen-bond donors (Lipinski definition) is 2. The number of aliphatic hydroxyl groups excluding tert-OH is 1. The summed E-state index contributed by atoms with van der Waals surface area (Å²) in [4.78, 5) is 13.4. The molecule has 1 amide bonds. The van der Waals surface area contributed by atoms with Crippen molar-refractivity contribution in [3.05, 3.63) is 35.4 Å². The minimum Gasteiger partial charge on any atom is -0.396 e. The number of amides is 1. The topological polar surface area (TPSA) is 66.6 Å². The molecule has 1 rings (SSSR count). The molecule has 112 valence electrons. The van der Waals surface area contributed by atoms with E-state index in [0.29, 0.717) is 0 Å². The predicted molar refractivity (Wildman–Crippen MR) is 71.8 cm³/mol. The first kappa shape index (κ1) is 16.5. The number of benzene rings is 1. The minimum atomic E-state index is -0.602. The van der Waals surface area contributed by atoms with Crippen molar-refractivity contribution in [2.45, 2.75) is 19.4 Å². The largest absolute Gasteiger partial charge is 0.396 e. The lowest BCUT2D eigenvalue weighted by molar-refractivity contribution is -0.133. The van der Waals surface area contributed by atoms with Crippen molar-refractivity contribution in [2.24, 2.45) is 11.7 Å². The summed E-state index contributed by atoms with van der Waals surface area (Å²) < 4.78 is 26.8. The van der Waals surface area contributed by atoms with Crippen LogP contribution in [0.15, 0.2) is 18.2 Å². The second-order valence-corrected chi connectivity index (χ2v) is 4.83. The molecule has 0 fully saturated rings. The van der Waals surface area contributed by atoms with E-state index in [4.69, 9.17) is 10.8 Å². The Morgan fingerprint density at radius 3 is 2.65 bits per heavy atom. The van der Waals surface area contributed by atoms with Crippen molar-refractivity contribution in [2.75, 3.05) is 20.2 Å². The second-order valence-electron chi connectivity index (χ2n) is 4.83. The fourth-order valence-corrected chi connectivity index (χ4v) is 1.87. The van der Waals surface area contributed by atoms with Crippen LogP contribution < -0.4 is 5.73 Å². The third-order valence-electron chi connectivity index (χ3n) is 3.44. The quantitative estimate of drug-likeness (QED) is 0.831. The van der Waals surface area contributed by atoms with Crippen LogP contribution in [0.3, 0.4) is 0 Å². The maximum Gasteiger partial charge on any atom is 0.223 e. The maximum atomic E-state index is 13.7. The third kappa shape index (κ3) is 3.98. The van der Waals surface area contributed by atoms with E-state index in [9.17, 15) is 13.6 Å². The summed E-state index contributed by atoms with van der Waals surface area (Å²) in [7, 11) is 1.52. The fourth-order valence-electron chi connectivity index (χ4n) is 1.87. The van der Waals surface area contributed by atoms with E-state index in [1.54, 1.807) is 6.92 Å². The number of carbonyl (C=O) groups excluding carboxylic acids is 1. The molecule has 1 aromatic rings. The summed E-state index contributed by atoms with van der Waals surface area (Å²) >= 11 is 0. The van der Waals surface area contributed by atoms with Crippen LogP contribution in [0.1, 0.15) is 24.9 Å². The molecular formula is C14H20F2N2O2. The van der Waals surface area contributed by atoms with Crippen LogP contribution in [0.4, 0.5) is 8.78 Å². The molecule has 0 spiro atoms. The molecule has 0 heterocycles. The zero-order chi connectivity index (χ0) is 15.3. The van der Waals surface area contributed by atoms with Crippen LogP contribution in [-0.2, 0) is 4.79 Å². The maximum absolute atomic E-state index is 13.7. The Balaban J connectivity index is 2.82. The number of nitrogens with zero attached hydrogens (tertiary/aromatic N) is 1. The van der Waals surface area contributed by atoms with Gasteiger partial charge in [-0.15, -0.1) is 0 Å². The highest BCUT2D eigenvalue weighted by atomic mass is 19.1. The normalized spacial score (nSPS) is 13.9. The van der Waals surface area contributed by atoms with Gasteiger partial charge in [-0.3, -0.25) is 4.79 Å². The molecule has 0 saturated carbocycles. The number of aliphatic hydroxyl groups is 1. The van der Waals surface area contributed by atoms with E-state index < -0.39 is 17.7 Å². The number of carbonyl (C=O) groups is 1. The molecule has 1 aromatic carbocycles. The van der Waals surface area contributed by atoms with Crippen LogP contribution in [0.5, 0.6) is 0 Å². The van der Waals surface area contributed by atoms with Crippen LogP contribution in [0.25, 0.3) is 0 Å². The van der Waals surface area contributed by atoms with Gasteiger partial charge < -0.3 is 15.7 Å². The summed E-state index contributed by atoms with van der Waals surface area (Å²) in [6, 6.07) is 2.55. The molecule has 0 radical (unpaired) electrons. The fraction of sp³-hybridized carbons (Fsp3) is 0.500. The van der Waals surface area contributed by atoms with Crippen LogP contribution >= 0.6 is 0 Å². The average molecular weight is 286 g/mol. The Bertz CT molecular complexity index is 464. The molecular weight excluding hydrogens is 266 g/mol. The Morgan fingerprint density at radius 1 is 1.45 bits per heavy atom. The van der Waals surface area contributed by atoms with Crippen molar-refractivity contribution in [1.82, 2.24) is 4.90 Å². The second kappa shape index (κ2) is 7.31. The molecule has 3 N–H and O–H groups in total. The van der Waals surface area contributed by atoms with E-state index in [0.717, 1.165) is 18.2 Å². The van der Waals surface area contributed by atoms with Gasteiger partial charge in [-0.2, -0.15) is 0 Å². The average Bonchev–Trinajstić information content (AvgIpc) is 2.45. The molecule has 20 heavy (non-hydrogen) atoms. The molecule has 0 aliphatic carbocycles.